The zero-order chi connectivity index (χ0) is 14.0. The number of nitrogens with one attached hydrogen (secondary N) is 1. The molecule has 0 saturated heterocycles. The van der Waals surface area contributed by atoms with Crippen LogP contribution in [0.2, 0.25) is 0 Å². The van der Waals surface area contributed by atoms with E-state index in [4.69, 9.17) is 0 Å². The summed E-state index contributed by atoms with van der Waals surface area (Å²) >= 11 is 12.0. The van der Waals surface area contributed by atoms with E-state index in [-0.39, 0.29) is 11.9 Å². The molecule has 19 heavy (non-hydrogen) atoms. The van der Waals surface area contributed by atoms with Crippen LogP contribution >= 0.6 is 59.1 Å². The molecule has 1 atom stereocenters. The van der Waals surface area contributed by atoms with Gasteiger partial charge in [0.15, 0.2) is 0 Å². The number of hydrogen-bond acceptors (Lipinski definition) is 2. The summed E-state index contributed by atoms with van der Waals surface area (Å²) in [5.41, 5.74) is 1.67. The van der Waals surface area contributed by atoms with Crippen LogP contribution in [0, 0.1) is 5.82 Å². The Balaban J connectivity index is 2.54. The Morgan fingerprint density at radius 2 is 2.05 bits per heavy atom. The summed E-state index contributed by atoms with van der Waals surface area (Å²) in [6.45, 7) is 2.77. The molecule has 1 N–H and O–H groups in total. The molecular formula is C13H11Br3FNS. The van der Waals surface area contributed by atoms with Crippen molar-refractivity contribution in [3.8, 4) is 0 Å². The maximum atomic E-state index is 14.2. The third kappa shape index (κ3) is 3.47. The van der Waals surface area contributed by atoms with Gasteiger partial charge in [0.2, 0.25) is 0 Å². The van der Waals surface area contributed by atoms with Gasteiger partial charge in [0.1, 0.15) is 5.82 Å². The molecule has 0 radical (unpaired) electrons. The Morgan fingerprint density at radius 3 is 2.58 bits per heavy atom. The van der Waals surface area contributed by atoms with Crippen molar-refractivity contribution in [2.45, 2.75) is 13.0 Å². The van der Waals surface area contributed by atoms with E-state index in [0.29, 0.717) is 5.56 Å². The smallest absolute Gasteiger partial charge is 0.129 e. The molecule has 2 aromatic rings. The zero-order valence-electron chi connectivity index (χ0n) is 10.0. The van der Waals surface area contributed by atoms with Gasteiger partial charge in [-0.15, -0.1) is 11.3 Å². The van der Waals surface area contributed by atoms with Gasteiger partial charge in [0.25, 0.3) is 0 Å². The van der Waals surface area contributed by atoms with Crippen molar-refractivity contribution in [2.24, 2.45) is 0 Å². The fourth-order valence-electron chi connectivity index (χ4n) is 1.91. The molecule has 102 valence electrons. The standard InChI is InChI=1S/C13H11Br3FNS/c1-2-18-12(7-6-10(15)19-13(7)16)11-8(14)4-3-5-9(11)17/h3-6,12,18H,2H2,1H3. The van der Waals surface area contributed by atoms with Gasteiger partial charge in [-0.1, -0.05) is 28.9 Å². The van der Waals surface area contributed by atoms with E-state index in [9.17, 15) is 4.39 Å². The molecule has 1 unspecified atom stereocenters. The summed E-state index contributed by atoms with van der Waals surface area (Å²) in [5, 5.41) is 3.34. The predicted molar refractivity (Wildman–Crippen MR) is 89.3 cm³/mol. The lowest BCUT2D eigenvalue weighted by molar-refractivity contribution is 0.556. The van der Waals surface area contributed by atoms with E-state index in [1.807, 2.05) is 19.1 Å². The van der Waals surface area contributed by atoms with Crippen LogP contribution in [-0.2, 0) is 0 Å². The average molecular weight is 472 g/mol. The average Bonchev–Trinajstić information content (AvgIpc) is 2.67. The Labute approximate surface area is 141 Å². The largest absolute Gasteiger partial charge is 0.306 e. The number of halogens is 4. The van der Waals surface area contributed by atoms with Gasteiger partial charge in [0.05, 0.1) is 13.6 Å². The van der Waals surface area contributed by atoms with Crippen molar-refractivity contribution in [3.63, 3.8) is 0 Å². The number of hydrogen-bond donors (Lipinski definition) is 1. The Bertz CT molecular complexity index is 565. The third-order valence-electron chi connectivity index (χ3n) is 2.69. The van der Waals surface area contributed by atoms with Gasteiger partial charge in [0, 0.05) is 10.0 Å². The van der Waals surface area contributed by atoms with Crippen LogP contribution < -0.4 is 5.32 Å². The van der Waals surface area contributed by atoms with E-state index >= 15 is 0 Å². The first-order valence-electron chi connectivity index (χ1n) is 5.66. The molecule has 0 bridgehead atoms. The molecule has 6 heteroatoms. The predicted octanol–water partition coefficient (Wildman–Crippen LogP) is 5.87. The molecule has 0 spiro atoms. The van der Waals surface area contributed by atoms with Crippen molar-refractivity contribution in [2.75, 3.05) is 6.54 Å². The molecule has 1 nitrogen and oxygen atoms in total. The van der Waals surface area contributed by atoms with E-state index in [0.717, 1.165) is 24.2 Å². The van der Waals surface area contributed by atoms with Crippen molar-refractivity contribution in [3.05, 3.63) is 53.3 Å². The zero-order valence-corrected chi connectivity index (χ0v) is 15.6. The number of rotatable bonds is 4. The summed E-state index contributed by atoms with van der Waals surface area (Å²) in [4.78, 5) is 0. The van der Waals surface area contributed by atoms with Gasteiger partial charge in [-0.25, -0.2) is 4.39 Å². The summed E-state index contributed by atoms with van der Waals surface area (Å²) in [5.74, 6) is -0.213. The van der Waals surface area contributed by atoms with Crippen LogP contribution in [0.3, 0.4) is 0 Å². The highest BCUT2D eigenvalue weighted by molar-refractivity contribution is 9.12. The summed E-state index contributed by atoms with van der Waals surface area (Å²) in [6.07, 6.45) is 0. The minimum absolute atomic E-state index is 0.183. The minimum Gasteiger partial charge on any atom is -0.306 e. The van der Waals surface area contributed by atoms with E-state index in [1.54, 1.807) is 17.4 Å². The Kier molecular flexibility index (Phi) is 5.60. The Hall–Kier alpha value is 0.250. The molecule has 0 aliphatic rings. The molecule has 1 heterocycles. The lowest BCUT2D eigenvalue weighted by Gasteiger charge is -2.20. The fraction of sp³-hybridized carbons (Fsp3) is 0.231. The van der Waals surface area contributed by atoms with E-state index in [1.165, 1.54) is 6.07 Å². The SMILES string of the molecule is CCNC(c1cc(Br)sc1Br)c1c(F)cccc1Br. The topological polar surface area (TPSA) is 12.0 Å². The summed E-state index contributed by atoms with van der Waals surface area (Å²) in [7, 11) is 0. The van der Waals surface area contributed by atoms with Crippen LogP contribution in [-0.4, -0.2) is 6.54 Å². The van der Waals surface area contributed by atoms with Crippen LogP contribution in [0.15, 0.2) is 36.3 Å². The van der Waals surface area contributed by atoms with Crippen LogP contribution in [0.5, 0.6) is 0 Å². The highest BCUT2D eigenvalue weighted by atomic mass is 79.9. The van der Waals surface area contributed by atoms with Gasteiger partial charge in [-0.3, -0.25) is 0 Å². The first-order chi connectivity index (χ1) is 9.04. The first kappa shape index (κ1) is 15.6. The van der Waals surface area contributed by atoms with Gasteiger partial charge in [-0.05, 0) is 62.2 Å². The molecule has 0 aliphatic carbocycles. The summed E-state index contributed by atoms with van der Waals surface area (Å²) < 4.78 is 16.9. The maximum Gasteiger partial charge on any atom is 0.129 e. The molecule has 1 aromatic heterocycles. The highest BCUT2D eigenvalue weighted by Crippen LogP contribution is 2.40. The van der Waals surface area contributed by atoms with Crippen molar-refractivity contribution < 1.29 is 4.39 Å². The van der Waals surface area contributed by atoms with Gasteiger partial charge < -0.3 is 5.32 Å². The van der Waals surface area contributed by atoms with Crippen molar-refractivity contribution in [1.29, 1.82) is 0 Å². The molecular weight excluding hydrogens is 461 g/mol. The van der Waals surface area contributed by atoms with Gasteiger partial charge in [-0.2, -0.15) is 0 Å². The monoisotopic (exact) mass is 469 g/mol. The van der Waals surface area contributed by atoms with E-state index in [2.05, 4.69) is 53.1 Å². The maximum absolute atomic E-state index is 14.2. The normalized spacial score (nSPS) is 12.7. The Morgan fingerprint density at radius 1 is 1.32 bits per heavy atom. The van der Waals surface area contributed by atoms with Crippen LogP contribution in [0.1, 0.15) is 24.1 Å². The minimum atomic E-state index is -0.213. The highest BCUT2D eigenvalue weighted by Gasteiger charge is 2.23. The second-order valence-corrected chi connectivity index (χ2v) is 8.51. The molecule has 0 amide bonds. The summed E-state index contributed by atoms with van der Waals surface area (Å²) in [6, 6.07) is 6.88. The number of thiophene rings is 1. The lowest BCUT2D eigenvalue weighted by Crippen LogP contribution is -2.23. The molecule has 0 fully saturated rings. The fourth-order valence-corrected chi connectivity index (χ4v) is 5.38. The lowest BCUT2D eigenvalue weighted by atomic mass is 10.0. The molecule has 0 saturated carbocycles. The first-order valence-corrected chi connectivity index (χ1v) is 8.86. The number of benzene rings is 1. The second kappa shape index (κ2) is 6.80. The molecule has 1 aromatic carbocycles. The quantitative estimate of drug-likeness (QED) is 0.587. The molecule has 0 aliphatic heterocycles. The second-order valence-electron chi connectivity index (χ2n) is 3.91. The van der Waals surface area contributed by atoms with Gasteiger partial charge >= 0.3 is 0 Å². The third-order valence-corrected chi connectivity index (χ3v) is 5.77. The molecule has 2 rings (SSSR count). The van der Waals surface area contributed by atoms with Crippen molar-refractivity contribution in [1.82, 2.24) is 5.32 Å². The van der Waals surface area contributed by atoms with Crippen LogP contribution in [0.25, 0.3) is 0 Å². The van der Waals surface area contributed by atoms with Crippen molar-refractivity contribution >= 4 is 59.1 Å². The van der Waals surface area contributed by atoms with E-state index < -0.39 is 0 Å². The van der Waals surface area contributed by atoms with Crippen LogP contribution in [0.4, 0.5) is 4.39 Å².